The first-order valence-corrected chi connectivity index (χ1v) is 4.58. The van der Waals surface area contributed by atoms with Gasteiger partial charge in [0.05, 0.1) is 12.2 Å². The van der Waals surface area contributed by atoms with Gasteiger partial charge >= 0.3 is 0 Å². The van der Waals surface area contributed by atoms with Crippen LogP contribution >= 0.6 is 0 Å². The summed E-state index contributed by atoms with van der Waals surface area (Å²) in [5.41, 5.74) is 0. The van der Waals surface area contributed by atoms with Gasteiger partial charge in [-0.2, -0.15) is 0 Å². The van der Waals surface area contributed by atoms with Crippen molar-refractivity contribution in [3.63, 3.8) is 0 Å². The molecule has 1 N–H and O–H groups in total. The lowest BCUT2D eigenvalue weighted by atomic mass is 10.1. The zero-order valence-electron chi connectivity index (χ0n) is 7.12. The molecule has 1 aromatic heterocycles. The van der Waals surface area contributed by atoms with Crippen LogP contribution in [0.25, 0.3) is 0 Å². The van der Waals surface area contributed by atoms with E-state index in [1.165, 1.54) is 32.1 Å². The van der Waals surface area contributed by atoms with E-state index in [0.717, 1.165) is 12.3 Å². The standard InChI is InChI=1S/C9H14N2O/c1-2-4-8(11-5-3-1)9-6-10-7-12-9/h6-8,11H,1-5H2. The van der Waals surface area contributed by atoms with E-state index in [1.54, 1.807) is 0 Å². The first-order chi connectivity index (χ1) is 5.97. The number of rotatable bonds is 1. The third kappa shape index (κ3) is 1.67. The molecular weight excluding hydrogens is 152 g/mol. The van der Waals surface area contributed by atoms with Gasteiger partial charge in [-0.15, -0.1) is 0 Å². The van der Waals surface area contributed by atoms with E-state index in [-0.39, 0.29) is 0 Å². The SMILES string of the molecule is c1ncc(C2CCCCCN2)o1. The molecule has 0 aliphatic carbocycles. The van der Waals surface area contributed by atoms with Gasteiger partial charge in [0.25, 0.3) is 0 Å². The summed E-state index contributed by atoms with van der Waals surface area (Å²) in [6.07, 6.45) is 8.39. The summed E-state index contributed by atoms with van der Waals surface area (Å²) in [5, 5.41) is 3.45. The van der Waals surface area contributed by atoms with Crippen LogP contribution in [0.3, 0.4) is 0 Å². The van der Waals surface area contributed by atoms with Crippen LogP contribution in [0, 0.1) is 0 Å². The van der Waals surface area contributed by atoms with Gasteiger partial charge in [0.1, 0.15) is 5.76 Å². The molecule has 0 aromatic carbocycles. The quantitative estimate of drug-likeness (QED) is 0.692. The maximum absolute atomic E-state index is 5.25. The summed E-state index contributed by atoms with van der Waals surface area (Å²) < 4.78 is 5.25. The van der Waals surface area contributed by atoms with E-state index >= 15 is 0 Å². The summed E-state index contributed by atoms with van der Waals surface area (Å²) >= 11 is 0. The number of oxazole rings is 1. The van der Waals surface area contributed by atoms with Crippen molar-refractivity contribution >= 4 is 0 Å². The molecule has 0 bridgehead atoms. The third-order valence-corrected chi connectivity index (χ3v) is 2.36. The molecule has 0 amide bonds. The number of hydrogen-bond donors (Lipinski definition) is 1. The minimum absolute atomic E-state index is 0.398. The zero-order valence-corrected chi connectivity index (χ0v) is 7.12. The highest BCUT2D eigenvalue weighted by molar-refractivity contribution is 4.97. The molecule has 1 saturated heterocycles. The van der Waals surface area contributed by atoms with Crippen LogP contribution in [0.15, 0.2) is 17.0 Å². The Morgan fingerprint density at radius 1 is 1.42 bits per heavy atom. The highest BCUT2D eigenvalue weighted by Crippen LogP contribution is 2.21. The smallest absolute Gasteiger partial charge is 0.180 e. The fourth-order valence-corrected chi connectivity index (χ4v) is 1.67. The molecule has 3 nitrogen and oxygen atoms in total. The Labute approximate surface area is 72.2 Å². The van der Waals surface area contributed by atoms with Gasteiger partial charge in [0.15, 0.2) is 6.39 Å². The van der Waals surface area contributed by atoms with Gasteiger partial charge in [-0.25, -0.2) is 4.98 Å². The zero-order chi connectivity index (χ0) is 8.23. The Hall–Kier alpha value is -0.830. The second kappa shape index (κ2) is 3.72. The second-order valence-electron chi connectivity index (χ2n) is 3.26. The molecule has 66 valence electrons. The molecule has 1 aliphatic rings. The van der Waals surface area contributed by atoms with Crippen molar-refractivity contribution in [2.24, 2.45) is 0 Å². The van der Waals surface area contributed by atoms with Gasteiger partial charge in [-0.1, -0.05) is 12.8 Å². The topological polar surface area (TPSA) is 38.1 Å². The normalized spacial score (nSPS) is 25.2. The van der Waals surface area contributed by atoms with Gasteiger partial charge in [-0.3, -0.25) is 0 Å². The summed E-state index contributed by atoms with van der Waals surface area (Å²) in [5.74, 6) is 0.983. The number of nitrogens with one attached hydrogen (secondary N) is 1. The van der Waals surface area contributed by atoms with Gasteiger partial charge < -0.3 is 9.73 Å². The lowest BCUT2D eigenvalue weighted by Gasteiger charge is -2.11. The predicted octanol–water partition coefficient (Wildman–Crippen LogP) is 1.88. The van der Waals surface area contributed by atoms with Crippen molar-refractivity contribution < 1.29 is 4.42 Å². The van der Waals surface area contributed by atoms with Crippen molar-refractivity contribution in [3.05, 3.63) is 18.4 Å². The Kier molecular flexibility index (Phi) is 2.42. The molecule has 0 radical (unpaired) electrons. The van der Waals surface area contributed by atoms with E-state index in [0.29, 0.717) is 6.04 Å². The fraction of sp³-hybridized carbons (Fsp3) is 0.667. The Bertz CT molecular complexity index is 212. The van der Waals surface area contributed by atoms with Crippen molar-refractivity contribution in [2.45, 2.75) is 31.7 Å². The third-order valence-electron chi connectivity index (χ3n) is 2.36. The van der Waals surface area contributed by atoms with Crippen LogP contribution in [-0.4, -0.2) is 11.5 Å². The van der Waals surface area contributed by atoms with Crippen LogP contribution < -0.4 is 5.32 Å². The summed E-state index contributed by atoms with van der Waals surface area (Å²) in [4.78, 5) is 3.92. The molecule has 2 rings (SSSR count). The maximum Gasteiger partial charge on any atom is 0.180 e. The van der Waals surface area contributed by atoms with Crippen molar-refractivity contribution in [3.8, 4) is 0 Å². The summed E-state index contributed by atoms with van der Waals surface area (Å²) in [6, 6.07) is 0.398. The van der Waals surface area contributed by atoms with Crippen LogP contribution in [0.5, 0.6) is 0 Å². The van der Waals surface area contributed by atoms with Gasteiger partial charge in [0, 0.05) is 0 Å². The number of aromatic nitrogens is 1. The van der Waals surface area contributed by atoms with Crippen LogP contribution in [0.4, 0.5) is 0 Å². The molecule has 0 saturated carbocycles. The van der Waals surface area contributed by atoms with E-state index in [9.17, 15) is 0 Å². The largest absolute Gasteiger partial charge is 0.447 e. The molecule has 1 unspecified atom stereocenters. The van der Waals surface area contributed by atoms with E-state index in [4.69, 9.17) is 4.42 Å². The van der Waals surface area contributed by atoms with E-state index < -0.39 is 0 Å². The fourth-order valence-electron chi connectivity index (χ4n) is 1.67. The number of hydrogen-bond acceptors (Lipinski definition) is 3. The predicted molar refractivity (Wildman–Crippen MR) is 45.7 cm³/mol. The lowest BCUT2D eigenvalue weighted by molar-refractivity contribution is 0.407. The Morgan fingerprint density at radius 3 is 3.25 bits per heavy atom. The van der Waals surface area contributed by atoms with Crippen LogP contribution in [0.1, 0.15) is 37.5 Å². The average molecular weight is 166 g/mol. The van der Waals surface area contributed by atoms with Crippen molar-refractivity contribution in [2.75, 3.05) is 6.54 Å². The average Bonchev–Trinajstić information content (AvgIpc) is 2.48. The van der Waals surface area contributed by atoms with E-state index in [2.05, 4.69) is 10.3 Å². The highest BCUT2D eigenvalue weighted by Gasteiger charge is 2.15. The van der Waals surface area contributed by atoms with Crippen LogP contribution in [0.2, 0.25) is 0 Å². The highest BCUT2D eigenvalue weighted by atomic mass is 16.3. The molecular formula is C9H14N2O. The van der Waals surface area contributed by atoms with Crippen LogP contribution in [-0.2, 0) is 0 Å². The molecule has 1 aromatic rings. The number of nitrogens with zero attached hydrogens (tertiary/aromatic N) is 1. The Morgan fingerprint density at radius 2 is 2.42 bits per heavy atom. The van der Waals surface area contributed by atoms with Crippen molar-refractivity contribution in [1.29, 1.82) is 0 Å². The molecule has 1 atom stereocenters. The minimum Gasteiger partial charge on any atom is -0.447 e. The molecule has 1 aliphatic heterocycles. The molecule has 3 heteroatoms. The summed E-state index contributed by atoms with van der Waals surface area (Å²) in [7, 11) is 0. The lowest BCUT2D eigenvalue weighted by Crippen LogP contribution is -2.19. The monoisotopic (exact) mass is 166 g/mol. The molecule has 0 spiro atoms. The maximum atomic E-state index is 5.25. The van der Waals surface area contributed by atoms with Gasteiger partial charge in [-0.05, 0) is 19.4 Å². The Balaban J connectivity index is 2.02. The van der Waals surface area contributed by atoms with Gasteiger partial charge in [0.2, 0.25) is 0 Å². The minimum atomic E-state index is 0.398. The second-order valence-corrected chi connectivity index (χ2v) is 3.26. The molecule has 12 heavy (non-hydrogen) atoms. The molecule has 1 fully saturated rings. The summed E-state index contributed by atoms with van der Waals surface area (Å²) in [6.45, 7) is 1.10. The molecule has 2 heterocycles. The first-order valence-electron chi connectivity index (χ1n) is 4.58. The van der Waals surface area contributed by atoms with E-state index in [1.807, 2.05) is 6.20 Å². The first kappa shape index (κ1) is 7.80. The van der Waals surface area contributed by atoms with Crippen molar-refractivity contribution in [1.82, 2.24) is 10.3 Å².